The van der Waals surface area contributed by atoms with Crippen LogP contribution in [0.2, 0.25) is 0 Å². The molecule has 362 valence electrons. The van der Waals surface area contributed by atoms with Gasteiger partial charge < -0.3 is 43.0 Å². The predicted molar refractivity (Wildman–Crippen MR) is 277 cm³/mol. The average molecular weight is 974 g/mol. The molecule has 1 unspecified atom stereocenters. The third-order valence-electron chi connectivity index (χ3n) is 12.5. The van der Waals surface area contributed by atoms with Crippen LogP contribution in [0.4, 0.5) is 28.4 Å². The van der Waals surface area contributed by atoms with Crippen molar-refractivity contribution in [2.45, 2.75) is 44.3 Å². The van der Waals surface area contributed by atoms with Crippen molar-refractivity contribution in [3.8, 4) is 23.0 Å². The molecule has 8 rings (SSSR count). The average Bonchev–Trinajstić information content (AvgIpc) is 3.94. The molecular weight excluding hydrogens is 915 g/mol. The zero-order chi connectivity index (χ0) is 48.4. The number of para-hydroxylation sites is 2. The number of fused-ring (bicyclic) bond motifs is 5. The highest BCUT2D eigenvalue weighted by molar-refractivity contribution is 8.28. The molecule has 3 aliphatic rings. The van der Waals surface area contributed by atoms with E-state index >= 15 is 0 Å². The van der Waals surface area contributed by atoms with Gasteiger partial charge in [0.25, 0.3) is 11.8 Å². The Morgan fingerprint density at radius 2 is 1.49 bits per heavy atom. The standard InChI is InChI=1S/C53H59N5O9S2/c1-35(69(6)68)32-56(17-18-64-21-22-65-20-19-61-3)40-24-36(33-66-50-29-44(54-2)42(27-48(50)62-4)52(59)57-16-15-38-11-7-9-13-46(38)57)23-37(25-40)34-67-51-30-45-43(28-49(51)63-5)53(60)58-41(31-55-45)26-39-12-8-10-14-47(39)58/h7-14,23-25,27-31,35,41H,2,15-22,26,32-34H2,1,3-6H3/t35-,41-,69?/m0/s1. The van der Waals surface area contributed by atoms with Crippen molar-refractivity contribution >= 4 is 73.8 Å². The van der Waals surface area contributed by atoms with Crippen molar-refractivity contribution < 1.29 is 42.7 Å². The smallest absolute Gasteiger partial charge is 0.261 e. The number of hydrogen-bond donors (Lipinski definition) is 0. The van der Waals surface area contributed by atoms with E-state index in [0.29, 0.717) is 105 Å². The summed E-state index contributed by atoms with van der Waals surface area (Å²) in [5, 5.41) is 0.206. The van der Waals surface area contributed by atoms with E-state index in [2.05, 4.69) is 48.0 Å². The van der Waals surface area contributed by atoms with E-state index in [9.17, 15) is 9.59 Å². The SMILES string of the molecule is C=Nc1cc(OCc2cc(COc3cc4c(cc3OC)C(=O)N3c5ccccc5C[C@H]3C=N4)cc(N(CCOCCOCCOC)C[C@H](C)S(C)=S)c2)c(OC)cc1C(=O)N1CCc2ccccc21. The van der Waals surface area contributed by atoms with Gasteiger partial charge in [-0.2, -0.15) is 0 Å². The third kappa shape index (κ3) is 11.3. The number of rotatable bonds is 23. The normalized spacial score (nSPS) is 15.4. The lowest BCUT2D eigenvalue weighted by molar-refractivity contribution is 0.0264. The molecule has 5 aromatic carbocycles. The van der Waals surface area contributed by atoms with Gasteiger partial charge in [0.1, 0.15) is 13.2 Å². The van der Waals surface area contributed by atoms with E-state index < -0.39 is 0 Å². The Morgan fingerprint density at radius 1 is 0.841 bits per heavy atom. The minimum Gasteiger partial charge on any atom is -0.493 e. The minimum atomic E-state index is -0.269. The summed E-state index contributed by atoms with van der Waals surface area (Å²) < 4.78 is 41.5. The molecule has 0 aromatic heterocycles. The van der Waals surface area contributed by atoms with Crippen LogP contribution in [0.5, 0.6) is 23.0 Å². The third-order valence-corrected chi connectivity index (χ3v) is 14.8. The first-order valence-electron chi connectivity index (χ1n) is 23.0. The van der Waals surface area contributed by atoms with Crippen molar-refractivity contribution in [2.24, 2.45) is 9.98 Å². The Hall–Kier alpha value is -6.17. The van der Waals surface area contributed by atoms with Gasteiger partial charge in [-0.1, -0.05) is 54.5 Å². The molecule has 0 saturated carbocycles. The number of benzene rings is 5. The van der Waals surface area contributed by atoms with E-state index in [1.54, 1.807) is 50.5 Å². The number of amides is 2. The van der Waals surface area contributed by atoms with E-state index in [-0.39, 0.29) is 45.8 Å². The van der Waals surface area contributed by atoms with Gasteiger partial charge in [-0.3, -0.25) is 24.5 Å². The zero-order valence-electron chi connectivity index (χ0n) is 39.8. The lowest BCUT2D eigenvalue weighted by Crippen LogP contribution is -2.37. The number of nitrogens with zero attached hydrogens (tertiary/aromatic N) is 5. The molecule has 5 aromatic rings. The Balaban J connectivity index is 1.07. The molecule has 2 amide bonds. The zero-order valence-corrected chi connectivity index (χ0v) is 41.4. The minimum absolute atomic E-state index is 0.137. The van der Waals surface area contributed by atoms with Crippen molar-refractivity contribution in [2.75, 3.05) is 95.0 Å². The largest absolute Gasteiger partial charge is 0.493 e. The summed E-state index contributed by atoms with van der Waals surface area (Å²) in [5.74, 6) is 1.32. The van der Waals surface area contributed by atoms with Gasteiger partial charge in [0.05, 0.1) is 75.8 Å². The Bertz CT molecular complexity index is 2730. The van der Waals surface area contributed by atoms with Crippen LogP contribution in [0.15, 0.2) is 101 Å². The Morgan fingerprint density at radius 3 is 2.19 bits per heavy atom. The number of carbonyl (C=O) groups is 2. The summed E-state index contributed by atoms with van der Waals surface area (Å²) in [7, 11) is 4.49. The number of carbonyl (C=O) groups excluding carboxylic acids is 2. The molecule has 0 fully saturated rings. The summed E-state index contributed by atoms with van der Waals surface area (Å²) in [6.45, 7) is 10.5. The van der Waals surface area contributed by atoms with Gasteiger partial charge in [-0.05, 0) is 84.1 Å². The number of methoxy groups -OCH3 is 3. The van der Waals surface area contributed by atoms with Crippen LogP contribution in [0.1, 0.15) is 49.9 Å². The van der Waals surface area contributed by atoms with Crippen LogP contribution < -0.4 is 33.6 Å². The highest BCUT2D eigenvalue weighted by Crippen LogP contribution is 2.42. The molecular formula is C53H59N5O9S2. The van der Waals surface area contributed by atoms with Gasteiger partial charge in [0.2, 0.25) is 0 Å². The first kappa shape index (κ1) is 49.3. The van der Waals surface area contributed by atoms with Crippen molar-refractivity contribution in [3.63, 3.8) is 0 Å². The highest BCUT2D eigenvalue weighted by Gasteiger charge is 2.36. The lowest BCUT2D eigenvalue weighted by Gasteiger charge is -2.29. The fraction of sp³-hybridized carbons (Fsp3) is 0.358. The van der Waals surface area contributed by atoms with E-state index in [1.807, 2.05) is 59.6 Å². The predicted octanol–water partition coefficient (Wildman–Crippen LogP) is 8.27. The molecule has 14 nitrogen and oxygen atoms in total. The van der Waals surface area contributed by atoms with Gasteiger partial charge in [0.15, 0.2) is 23.0 Å². The summed E-state index contributed by atoms with van der Waals surface area (Å²) in [6.07, 6.45) is 5.38. The quantitative estimate of drug-likeness (QED) is 0.0463. The summed E-state index contributed by atoms with van der Waals surface area (Å²) in [4.78, 5) is 43.1. The van der Waals surface area contributed by atoms with Crippen LogP contribution >= 0.6 is 0 Å². The molecule has 0 spiro atoms. The van der Waals surface area contributed by atoms with Crippen LogP contribution in [0.3, 0.4) is 0 Å². The molecule has 3 atom stereocenters. The molecule has 3 heterocycles. The van der Waals surface area contributed by atoms with Crippen LogP contribution in [0.25, 0.3) is 0 Å². The molecule has 69 heavy (non-hydrogen) atoms. The topological polar surface area (TPSA) is 133 Å². The number of ether oxygens (including phenoxy) is 7. The molecule has 0 saturated heterocycles. The van der Waals surface area contributed by atoms with E-state index in [0.717, 1.165) is 45.7 Å². The van der Waals surface area contributed by atoms with Crippen LogP contribution in [-0.4, -0.2) is 116 Å². The monoisotopic (exact) mass is 973 g/mol. The van der Waals surface area contributed by atoms with Crippen LogP contribution in [0, 0.1) is 0 Å². The fourth-order valence-corrected chi connectivity index (χ4v) is 9.37. The second-order valence-electron chi connectivity index (χ2n) is 16.9. The lowest BCUT2D eigenvalue weighted by atomic mass is 10.1. The van der Waals surface area contributed by atoms with Gasteiger partial charge in [-0.25, -0.2) is 0 Å². The summed E-state index contributed by atoms with van der Waals surface area (Å²) in [5.41, 5.74) is 8.34. The second-order valence-corrected chi connectivity index (χ2v) is 20.3. The molecule has 3 aliphatic heterocycles. The highest BCUT2D eigenvalue weighted by atomic mass is 32.8. The second kappa shape index (κ2) is 23.0. The Labute approximate surface area is 411 Å². The first-order valence-corrected chi connectivity index (χ1v) is 25.6. The maximum absolute atomic E-state index is 14.1. The number of anilines is 3. The summed E-state index contributed by atoms with van der Waals surface area (Å²) >= 11 is 5.77. The van der Waals surface area contributed by atoms with E-state index in [4.69, 9.17) is 49.3 Å². The van der Waals surface area contributed by atoms with Crippen LogP contribution in [-0.2, 0) is 60.9 Å². The number of aliphatic imine (C=N–C) groups is 2. The molecule has 0 aliphatic carbocycles. The molecule has 0 bridgehead atoms. The van der Waals surface area contributed by atoms with Crippen molar-refractivity contribution in [1.29, 1.82) is 0 Å². The van der Waals surface area contributed by atoms with E-state index in [1.165, 1.54) is 0 Å². The Kier molecular flexibility index (Phi) is 16.4. The maximum atomic E-state index is 14.1. The number of hydrogen-bond acceptors (Lipinski definition) is 13. The van der Waals surface area contributed by atoms with Gasteiger partial charge >= 0.3 is 0 Å². The van der Waals surface area contributed by atoms with Crippen molar-refractivity contribution in [1.82, 2.24) is 0 Å². The maximum Gasteiger partial charge on any atom is 0.261 e. The first-order chi connectivity index (χ1) is 33.6. The van der Waals surface area contributed by atoms with Crippen molar-refractivity contribution in [3.05, 3.63) is 124 Å². The summed E-state index contributed by atoms with van der Waals surface area (Å²) in [6, 6.07) is 28.8. The van der Waals surface area contributed by atoms with Gasteiger partial charge in [-0.15, -0.1) is 9.45 Å². The molecule has 0 N–H and O–H groups in total. The van der Waals surface area contributed by atoms with Gasteiger partial charge in [0, 0.05) is 73.8 Å². The molecule has 16 heteroatoms. The fourth-order valence-electron chi connectivity index (χ4n) is 8.80. The molecule has 0 radical (unpaired) electrons.